The van der Waals surface area contributed by atoms with Gasteiger partial charge in [0.1, 0.15) is 12.4 Å². The van der Waals surface area contributed by atoms with Crippen molar-refractivity contribution in [1.29, 1.82) is 0 Å². The zero-order valence-electron chi connectivity index (χ0n) is 11.0. The van der Waals surface area contributed by atoms with Gasteiger partial charge in [-0.1, -0.05) is 54.6 Å². The van der Waals surface area contributed by atoms with E-state index in [2.05, 4.69) is 6.58 Å². The predicted molar refractivity (Wildman–Crippen MR) is 79.0 cm³/mol. The summed E-state index contributed by atoms with van der Waals surface area (Å²) in [6, 6.07) is 18.0. The van der Waals surface area contributed by atoms with Crippen molar-refractivity contribution >= 4 is 0 Å². The molecule has 2 aromatic rings. The first-order chi connectivity index (χ1) is 9.31. The quantitative estimate of drug-likeness (QED) is 0.794. The van der Waals surface area contributed by atoms with Crippen molar-refractivity contribution in [3.63, 3.8) is 0 Å². The molecule has 0 aliphatic heterocycles. The number of benzene rings is 2. The van der Waals surface area contributed by atoms with Crippen molar-refractivity contribution in [3.05, 3.63) is 78.4 Å². The molecule has 0 aromatic heterocycles. The van der Waals surface area contributed by atoms with Crippen molar-refractivity contribution in [1.82, 2.24) is 0 Å². The molecule has 0 bridgehead atoms. The third-order valence-corrected chi connectivity index (χ3v) is 2.98. The second-order valence-corrected chi connectivity index (χ2v) is 4.44. The fourth-order valence-electron chi connectivity index (χ4n) is 1.96. The van der Waals surface area contributed by atoms with Crippen LogP contribution in [-0.4, -0.2) is 0 Å². The summed E-state index contributed by atoms with van der Waals surface area (Å²) >= 11 is 0. The Balaban J connectivity index is 2.09. The van der Waals surface area contributed by atoms with Crippen LogP contribution in [0.2, 0.25) is 0 Å². The van der Waals surface area contributed by atoms with Crippen molar-refractivity contribution < 1.29 is 4.74 Å². The average molecular weight is 253 g/mol. The molecule has 0 radical (unpaired) electrons. The van der Waals surface area contributed by atoms with E-state index in [1.54, 1.807) is 0 Å². The van der Waals surface area contributed by atoms with E-state index in [0.717, 1.165) is 23.3 Å². The van der Waals surface area contributed by atoms with Crippen LogP contribution in [-0.2, 0) is 6.61 Å². The molecule has 2 rings (SSSR count). The van der Waals surface area contributed by atoms with Crippen molar-refractivity contribution in [2.75, 3.05) is 0 Å². The molecular formula is C17H19NO. The lowest BCUT2D eigenvalue weighted by atomic mass is 10.0. The lowest BCUT2D eigenvalue weighted by Gasteiger charge is -2.15. The first-order valence-corrected chi connectivity index (χ1v) is 6.43. The minimum atomic E-state index is -0.0653. The van der Waals surface area contributed by atoms with E-state index in [-0.39, 0.29) is 6.04 Å². The van der Waals surface area contributed by atoms with E-state index in [9.17, 15) is 0 Å². The van der Waals surface area contributed by atoms with Gasteiger partial charge in [-0.2, -0.15) is 0 Å². The molecule has 0 spiro atoms. The van der Waals surface area contributed by atoms with Gasteiger partial charge < -0.3 is 10.5 Å². The van der Waals surface area contributed by atoms with Crippen LogP contribution < -0.4 is 10.5 Å². The minimum absolute atomic E-state index is 0.0653. The molecule has 2 aromatic carbocycles. The summed E-state index contributed by atoms with van der Waals surface area (Å²) < 4.78 is 5.88. The van der Waals surface area contributed by atoms with Gasteiger partial charge in [-0.25, -0.2) is 0 Å². The Morgan fingerprint density at radius 2 is 1.74 bits per heavy atom. The number of para-hydroxylation sites is 1. The lowest BCUT2D eigenvalue weighted by molar-refractivity contribution is 0.301. The van der Waals surface area contributed by atoms with E-state index in [1.165, 1.54) is 0 Å². The summed E-state index contributed by atoms with van der Waals surface area (Å²) in [5, 5.41) is 0. The van der Waals surface area contributed by atoms with Gasteiger partial charge in [0.05, 0.1) is 0 Å². The summed E-state index contributed by atoms with van der Waals surface area (Å²) in [5.74, 6) is 0.848. The van der Waals surface area contributed by atoms with Crippen LogP contribution in [0.15, 0.2) is 67.3 Å². The highest BCUT2D eigenvalue weighted by atomic mass is 16.5. The number of nitrogens with two attached hydrogens (primary N) is 1. The molecule has 1 atom stereocenters. The highest BCUT2D eigenvalue weighted by molar-refractivity contribution is 5.36. The topological polar surface area (TPSA) is 35.2 Å². The number of ether oxygens (including phenoxy) is 1. The summed E-state index contributed by atoms with van der Waals surface area (Å²) in [7, 11) is 0. The molecule has 2 nitrogen and oxygen atoms in total. The number of hydrogen-bond donors (Lipinski definition) is 1. The first kappa shape index (κ1) is 13.4. The third-order valence-electron chi connectivity index (χ3n) is 2.98. The first-order valence-electron chi connectivity index (χ1n) is 6.43. The molecule has 0 saturated carbocycles. The number of rotatable bonds is 6. The molecule has 19 heavy (non-hydrogen) atoms. The second-order valence-electron chi connectivity index (χ2n) is 4.44. The highest BCUT2D eigenvalue weighted by Crippen LogP contribution is 2.26. The van der Waals surface area contributed by atoms with Gasteiger partial charge in [0, 0.05) is 11.6 Å². The van der Waals surface area contributed by atoms with E-state index >= 15 is 0 Å². The largest absolute Gasteiger partial charge is 0.489 e. The molecule has 2 heteroatoms. The van der Waals surface area contributed by atoms with E-state index in [4.69, 9.17) is 10.5 Å². The van der Waals surface area contributed by atoms with E-state index < -0.39 is 0 Å². The van der Waals surface area contributed by atoms with E-state index in [1.807, 2.05) is 60.7 Å². The maximum atomic E-state index is 6.12. The van der Waals surface area contributed by atoms with Crippen LogP contribution in [0, 0.1) is 0 Å². The second kappa shape index (κ2) is 6.76. The third kappa shape index (κ3) is 3.70. The van der Waals surface area contributed by atoms with Crippen LogP contribution in [0.5, 0.6) is 5.75 Å². The smallest absolute Gasteiger partial charge is 0.124 e. The summed E-state index contributed by atoms with van der Waals surface area (Å²) in [4.78, 5) is 0. The van der Waals surface area contributed by atoms with Crippen LogP contribution in [0.25, 0.3) is 0 Å². The van der Waals surface area contributed by atoms with Crippen molar-refractivity contribution in [2.24, 2.45) is 5.73 Å². The molecule has 0 heterocycles. The Hall–Kier alpha value is -2.06. The lowest BCUT2D eigenvalue weighted by Crippen LogP contribution is -2.11. The van der Waals surface area contributed by atoms with Gasteiger partial charge in [-0.15, -0.1) is 6.58 Å². The molecule has 98 valence electrons. The molecule has 0 amide bonds. The molecule has 0 saturated heterocycles. The van der Waals surface area contributed by atoms with Crippen molar-refractivity contribution in [2.45, 2.75) is 19.1 Å². The maximum absolute atomic E-state index is 6.12. The van der Waals surface area contributed by atoms with Gasteiger partial charge in [0.15, 0.2) is 0 Å². The monoisotopic (exact) mass is 253 g/mol. The molecule has 0 aliphatic carbocycles. The molecule has 0 unspecified atom stereocenters. The van der Waals surface area contributed by atoms with Crippen LogP contribution in [0.3, 0.4) is 0 Å². The van der Waals surface area contributed by atoms with Gasteiger partial charge >= 0.3 is 0 Å². The zero-order chi connectivity index (χ0) is 13.5. The highest BCUT2D eigenvalue weighted by Gasteiger charge is 2.10. The zero-order valence-corrected chi connectivity index (χ0v) is 11.0. The van der Waals surface area contributed by atoms with Crippen LogP contribution in [0.1, 0.15) is 23.6 Å². The minimum Gasteiger partial charge on any atom is -0.489 e. The predicted octanol–water partition coefficient (Wildman–Crippen LogP) is 3.84. The maximum Gasteiger partial charge on any atom is 0.124 e. The molecule has 2 N–H and O–H groups in total. The normalized spacial score (nSPS) is 11.8. The van der Waals surface area contributed by atoms with E-state index in [0.29, 0.717) is 6.61 Å². The molecule has 0 fully saturated rings. The Kier molecular flexibility index (Phi) is 4.76. The van der Waals surface area contributed by atoms with Gasteiger partial charge in [-0.05, 0) is 18.1 Å². The Bertz CT molecular complexity index is 522. The van der Waals surface area contributed by atoms with Gasteiger partial charge in [-0.3, -0.25) is 0 Å². The Labute approximate surface area is 114 Å². The van der Waals surface area contributed by atoms with Gasteiger partial charge in [0.25, 0.3) is 0 Å². The summed E-state index contributed by atoms with van der Waals surface area (Å²) in [5.41, 5.74) is 8.30. The SMILES string of the molecule is C=CC[C@H](N)c1ccccc1OCc1ccccc1. The standard InChI is InChI=1S/C17H19NO/c1-2-8-16(18)15-11-6-7-12-17(15)19-13-14-9-4-3-5-10-14/h2-7,9-12,16H,1,8,13,18H2/t16-/m0/s1. The fourth-order valence-corrected chi connectivity index (χ4v) is 1.96. The van der Waals surface area contributed by atoms with Gasteiger partial charge in [0.2, 0.25) is 0 Å². The number of hydrogen-bond acceptors (Lipinski definition) is 2. The van der Waals surface area contributed by atoms with Crippen molar-refractivity contribution in [3.8, 4) is 5.75 Å². The van der Waals surface area contributed by atoms with Crippen LogP contribution >= 0.6 is 0 Å². The summed E-state index contributed by atoms with van der Waals surface area (Å²) in [6.07, 6.45) is 2.57. The average Bonchev–Trinajstić information content (AvgIpc) is 2.47. The van der Waals surface area contributed by atoms with Crippen LogP contribution in [0.4, 0.5) is 0 Å². The molecule has 0 aliphatic rings. The Morgan fingerprint density at radius 1 is 1.05 bits per heavy atom. The Morgan fingerprint density at radius 3 is 2.47 bits per heavy atom. The summed E-state index contributed by atoms with van der Waals surface area (Å²) in [6.45, 7) is 4.28. The fraction of sp³-hybridized carbons (Fsp3) is 0.176. The molecular weight excluding hydrogens is 234 g/mol.